The number of alkyl halides is 3. The number of halogens is 3. The molecule has 0 bridgehead atoms. The van der Waals surface area contributed by atoms with Crippen LogP contribution in [0.2, 0.25) is 0 Å². The van der Waals surface area contributed by atoms with Gasteiger partial charge >= 0.3 is 6.18 Å². The average molecular weight is 300 g/mol. The van der Waals surface area contributed by atoms with Gasteiger partial charge in [0, 0.05) is 18.6 Å². The van der Waals surface area contributed by atoms with E-state index in [1.807, 2.05) is 6.92 Å². The lowest BCUT2D eigenvalue weighted by atomic mass is 9.97. The van der Waals surface area contributed by atoms with Crippen molar-refractivity contribution in [1.29, 1.82) is 0 Å². The summed E-state index contributed by atoms with van der Waals surface area (Å²) in [5, 5.41) is 0. The first-order valence-electron chi connectivity index (χ1n) is 7.61. The van der Waals surface area contributed by atoms with Gasteiger partial charge in [0.15, 0.2) is 0 Å². The quantitative estimate of drug-likeness (QED) is 0.891. The predicted molar refractivity (Wildman–Crippen MR) is 77.9 cm³/mol. The topological polar surface area (TPSA) is 29.3 Å². The second-order valence-electron chi connectivity index (χ2n) is 5.61. The first-order chi connectivity index (χ1) is 9.99. The van der Waals surface area contributed by atoms with Crippen LogP contribution in [-0.4, -0.2) is 24.0 Å². The summed E-state index contributed by atoms with van der Waals surface area (Å²) in [6, 6.07) is 5.81. The van der Waals surface area contributed by atoms with Crippen molar-refractivity contribution >= 4 is 0 Å². The number of rotatable bonds is 5. The number of nitrogens with zero attached hydrogens (tertiary/aromatic N) is 1. The van der Waals surface area contributed by atoms with Crippen molar-refractivity contribution in [1.82, 2.24) is 4.90 Å². The second kappa shape index (κ2) is 6.79. The molecule has 1 atom stereocenters. The van der Waals surface area contributed by atoms with Crippen molar-refractivity contribution in [3.8, 4) is 0 Å². The largest absolute Gasteiger partial charge is 0.416 e. The van der Waals surface area contributed by atoms with E-state index in [-0.39, 0.29) is 12.6 Å². The molecule has 1 saturated carbocycles. The highest BCUT2D eigenvalue weighted by Gasteiger charge is 2.37. The second-order valence-corrected chi connectivity index (χ2v) is 5.61. The third-order valence-electron chi connectivity index (χ3n) is 4.41. The average Bonchev–Trinajstić information content (AvgIpc) is 2.97. The van der Waals surface area contributed by atoms with E-state index in [0.29, 0.717) is 11.6 Å². The van der Waals surface area contributed by atoms with Crippen molar-refractivity contribution in [2.45, 2.75) is 50.9 Å². The molecule has 0 saturated heterocycles. The van der Waals surface area contributed by atoms with E-state index in [0.717, 1.165) is 38.3 Å². The molecule has 0 aromatic heterocycles. The Morgan fingerprint density at radius 3 is 2.38 bits per heavy atom. The van der Waals surface area contributed by atoms with E-state index in [1.54, 1.807) is 12.1 Å². The minimum atomic E-state index is -4.33. The van der Waals surface area contributed by atoms with Crippen molar-refractivity contribution < 1.29 is 13.2 Å². The van der Waals surface area contributed by atoms with Crippen LogP contribution in [0, 0.1) is 0 Å². The van der Waals surface area contributed by atoms with Crippen LogP contribution >= 0.6 is 0 Å². The molecule has 0 aliphatic heterocycles. The summed E-state index contributed by atoms with van der Waals surface area (Å²) in [4.78, 5) is 2.15. The van der Waals surface area contributed by atoms with Crippen LogP contribution in [0.15, 0.2) is 24.3 Å². The summed E-state index contributed by atoms with van der Waals surface area (Å²) in [7, 11) is 0. The molecule has 1 aromatic carbocycles. The van der Waals surface area contributed by atoms with Gasteiger partial charge in [-0.05, 0) is 31.0 Å². The molecule has 1 aromatic rings. The van der Waals surface area contributed by atoms with E-state index < -0.39 is 11.7 Å². The van der Waals surface area contributed by atoms with Crippen molar-refractivity contribution in [2.24, 2.45) is 5.73 Å². The van der Waals surface area contributed by atoms with Gasteiger partial charge in [0.05, 0.1) is 5.56 Å². The van der Waals surface area contributed by atoms with E-state index in [2.05, 4.69) is 4.90 Å². The van der Waals surface area contributed by atoms with Gasteiger partial charge in [-0.25, -0.2) is 0 Å². The van der Waals surface area contributed by atoms with Gasteiger partial charge in [0.25, 0.3) is 0 Å². The van der Waals surface area contributed by atoms with Crippen molar-refractivity contribution in [3.05, 3.63) is 35.4 Å². The lowest BCUT2D eigenvalue weighted by Crippen LogP contribution is -2.40. The summed E-state index contributed by atoms with van der Waals surface area (Å²) in [6.45, 7) is 2.92. The number of likely N-dealkylation sites (N-methyl/N-ethyl adjacent to an activating group) is 1. The van der Waals surface area contributed by atoms with Crippen LogP contribution in [0.4, 0.5) is 13.2 Å². The fourth-order valence-corrected chi connectivity index (χ4v) is 3.46. The Morgan fingerprint density at radius 2 is 1.86 bits per heavy atom. The summed E-state index contributed by atoms with van der Waals surface area (Å²) in [5.41, 5.74) is 5.60. The molecule has 2 N–H and O–H groups in total. The van der Waals surface area contributed by atoms with Crippen LogP contribution in [-0.2, 0) is 6.18 Å². The summed E-state index contributed by atoms with van der Waals surface area (Å²) >= 11 is 0. The molecule has 2 rings (SSSR count). The zero-order chi connectivity index (χ0) is 15.5. The monoisotopic (exact) mass is 300 g/mol. The van der Waals surface area contributed by atoms with E-state index in [4.69, 9.17) is 5.73 Å². The molecule has 0 amide bonds. The zero-order valence-corrected chi connectivity index (χ0v) is 12.4. The van der Waals surface area contributed by atoms with Crippen LogP contribution in [0.1, 0.15) is 49.8 Å². The van der Waals surface area contributed by atoms with E-state index in [1.165, 1.54) is 6.07 Å². The van der Waals surface area contributed by atoms with Crippen LogP contribution < -0.4 is 5.73 Å². The van der Waals surface area contributed by atoms with Crippen molar-refractivity contribution in [3.63, 3.8) is 0 Å². The Labute approximate surface area is 124 Å². The Morgan fingerprint density at radius 1 is 1.24 bits per heavy atom. The summed E-state index contributed by atoms with van der Waals surface area (Å²) in [6.07, 6.45) is 0.0783. The molecule has 0 heterocycles. The molecular weight excluding hydrogens is 277 g/mol. The van der Waals surface area contributed by atoms with Gasteiger partial charge in [-0.3, -0.25) is 4.90 Å². The minimum absolute atomic E-state index is 0.206. The molecule has 2 nitrogen and oxygen atoms in total. The normalized spacial score (nSPS) is 18.4. The third kappa shape index (κ3) is 3.58. The lowest BCUT2D eigenvalue weighted by Gasteiger charge is -2.36. The van der Waals surface area contributed by atoms with Crippen LogP contribution in [0.25, 0.3) is 0 Å². The SMILES string of the molecule is CCN(C1CCCC1)C(CN)c1ccccc1C(F)(F)F. The Hall–Kier alpha value is -1.07. The molecule has 0 radical (unpaired) electrons. The highest BCUT2D eigenvalue weighted by Crippen LogP contribution is 2.38. The van der Waals surface area contributed by atoms with Gasteiger partial charge in [0.2, 0.25) is 0 Å². The highest BCUT2D eigenvalue weighted by atomic mass is 19.4. The molecule has 1 unspecified atom stereocenters. The number of nitrogens with two attached hydrogens (primary N) is 1. The maximum Gasteiger partial charge on any atom is 0.416 e. The maximum absolute atomic E-state index is 13.2. The minimum Gasteiger partial charge on any atom is -0.329 e. The summed E-state index contributed by atoms with van der Waals surface area (Å²) < 4.78 is 39.7. The molecule has 1 fully saturated rings. The first kappa shape index (κ1) is 16.3. The zero-order valence-electron chi connectivity index (χ0n) is 12.4. The van der Waals surface area contributed by atoms with E-state index >= 15 is 0 Å². The molecule has 0 spiro atoms. The van der Waals surface area contributed by atoms with Gasteiger partial charge in [-0.1, -0.05) is 38.0 Å². The third-order valence-corrected chi connectivity index (χ3v) is 4.41. The Kier molecular flexibility index (Phi) is 5.27. The van der Waals surface area contributed by atoms with Crippen LogP contribution in [0.3, 0.4) is 0 Å². The number of benzene rings is 1. The Bertz CT molecular complexity index is 453. The molecular formula is C16H23F3N2. The molecule has 5 heteroatoms. The molecule has 1 aliphatic rings. The van der Waals surface area contributed by atoms with E-state index in [9.17, 15) is 13.2 Å². The smallest absolute Gasteiger partial charge is 0.329 e. The summed E-state index contributed by atoms with van der Waals surface area (Å²) in [5.74, 6) is 0. The van der Waals surface area contributed by atoms with Gasteiger partial charge < -0.3 is 5.73 Å². The molecule has 21 heavy (non-hydrogen) atoms. The number of hydrogen-bond acceptors (Lipinski definition) is 2. The van der Waals surface area contributed by atoms with Gasteiger partial charge in [-0.15, -0.1) is 0 Å². The fourth-order valence-electron chi connectivity index (χ4n) is 3.46. The van der Waals surface area contributed by atoms with Gasteiger partial charge in [0.1, 0.15) is 0 Å². The maximum atomic E-state index is 13.2. The molecule has 1 aliphatic carbocycles. The van der Waals surface area contributed by atoms with Crippen LogP contribution in [0.5, 0.6) is 0 Å². The lowest BCUT2D eigenvalue weighted by molar-refractivity contribution is -0.138. The number of hydrogen-bond donors (Lipinski definition) is 1. The van der Waals surface area contributed by atoms with Crippen molar-refractivity contribution in [2.75, 3.05) is 13.1 Å². The van der Waals surface area contributed by atoms with Gasteiger partial charge in [-0.2, -0.15) is 13.2 Å². The molecule has 118 valence electrons. The standard InChI is InChI=1S/C16H23F3N2/c1-2-21(12-7-3-4-8-12)15(11-20)13-9-5-6-10-14(13)16(17,18)19/h5-6,9-10,12,15H,2-4,7-8,11,20H2,1H3. The fraction of sp³-hybridized carbons (Fsp3) is 0.625. The highest BCUT2D eigenvalue weighted by molar-refractivity contribution is 5.33. The first-order valence-corrected chi connectivity index (χ1v) is 7.61. The predicted octanol–water partition coefficient (Wildman–Crippen LogP) is 3.97. The Balaban J connectivity index is 2.36.